The molecule has 0 atom stereocenters. The molecule has 1 aromatic carbocycles. The Morgan fingerprint density at radius 2 is 2.10 bits per heavy atom. The van der Waals surface area contributed by atoms with Gasteiger partial charge in [-0.2, -0.15) is 5.10 Å². The Labute approximate surface area is 125 Å². The lowest BCUT2D eigenvalue weighted by atomic mass is 10.2. The summed E-state index contributed by atoms with van der Waals surface area (Å²) in [5.41, 5.74) is 8.61. The van der Waals surface area contributed by atoms with Gasteiger partial charge in [0.1, 0.15) is 0 Å². The number of aromatic nitrogens is 2. The Morgan fingerprint density at radius 1 is 1.38 bits per heavy atom. The molecule has 0 saturated carbocycles. The van der Waals surface area contributed by atoms with Gasteiger partial charge in [0.2, 0.25) is 10.0 Å². The second kappa shape index (κ2) is 5.87. The van der Waals surface area contributed by atoms with Gasteiger partial charge in [-0.3, -0.25) is 4.68 Å². The quantitative estimate of drug-likeness (QED) is 0.816. The van der Waals surface area contributed by atoms with E-state index >= 15 is 0 Å². The molecule has 7 heteroatoms. The first-order chi connectivity index (χ1) is 9.83. The van der Waals surface area contributed by atoms with Crippen LogP contribution in [0.2, 0.25) is 0 Å². The number of nitrogens with zero attached hydrogens (tertiary/aromatic N) is 2. The molecule has 0 unspecified atom stereocenters. The van der Waals surface area contributed by atoms with Gasteiger partial charge < -0.3 is 5.73 Å². The van der Waals surface area contributed by atoms with E-state index in [1.165, 1.54) is 6.07 Å². The normalized spacial score (nSPS) is 11.8. The number of hydrogen-bond acceptors (Lipinski definition) is 4. The van der Waals surface area contributed by atoms with Crippen LogP contribution in [0.3, 0.4) is 0 Å². The maximum Gasteiger partial charge on any atom is 0.241 e. The van der Waals surface area contributed by atoms with Crippen LogP contribution < -0.4 is 10.5 Å². The number of rotatable bonds is 5. The largest absolute Gasteiger partial charge is 0.399 e. The number of aryl methyl sites for hydroxylation is 3. The first-order valence-electron chi connectivity index (χ1n) is 6.70. The predicted octanol–water partition coefficient (Wildman–Crippen LogP) is 1.35. The molecule has 0 aliphatic heterocycles. The van der Waals surface area contributed by atoms with Crippen LogP contribution in [0.5, 0.6) is 0 Å². The molecule has 0 fully saturated rings. The number of nitrogen functional groups attached to an aromatic ring is 1. The first-order valence-corrected chi connectivity index (χ1v) is 8.19. The van der Waals surface area contributed by atoms with Crippen LogP contribution in [0.25, 0.3) is 0 Å². The molecule has 0 aliphatic rings. The molecule has 0 bridgehead atoms. The van der Waals surface area contributed by atoms with Crippen molar-refractivity contribution in [3.8, 4) is 0 Å². The van der Waals surface area contributed by atoms with Crippen LogP contribution in [0.1, 0.15) is 23.7 Å². The Morgan fingerprint density at radius 3 is 2.71 bits per heavy atom. The summed E-state index contributed by atoms with van der Waals surface area (Å²) in [5, 5.41) is 4.30. The van der Waals surface area contributed by atoms with Gasteiger partial charge in [0.25, 0.3) is 0 Å². The third kappa shape index (κ3) is 3.43. The van der Waals surface area contributed by atoms with Crippen molar-refractivity contribution in [1.29, 1.82) is 0 Å². The molecule has 2 aromatic rings. The van der Waals surface area contributed by atoms with Gasteiger partial charge in [0.15, 0.2) is 0 Å². The molecule has 0 aliphatic carbocycles. The number of nitrogens with one attached hydrogen (secondary N) is 1. The Bertz CT molecular complexity index is 750. The van der Waals surface area contributed by atoms with Crippen molar-refractivity contribution in [3.63, 3.8) is 0 Å². The van der Waals surface area contributed by atoms with Crippen molar-refractivity contribution in [2.75, 3.05) is 5.73 Å². The van der Waals surface area contributed by atoms with Crippen LogP contribution in [-0.4, -0.2) is 18.2 Å². The fraction of sp³-hybridized carbons (Fsp3) is 0.357. The molecule has 1 heterocycles. The average Bonchev–Trinajstić information content (AvgIpc) is 2.76. The lowest BCUT2D eigenvalue weighted by Crippen LogP contribution is -2.24. The molecule has 0 amide bonds. The fourth-order valence-electron chi connectivity index (χ4n) is 2.25. The van der Waals surface area contributed by atoms with E-state index in [4.69, 9.17) is 5.73 Å². The highest BCUT2D eigenvalue weighted by molar-refractivity contribution is 7.89. The van der Waals surface area contributed by atoms with Crippen molar-refractivity contribution >= 4 is 15.7 Å². The molecule has 2 rings (SSSR count). The minimum absolute atomic E-state index is 0.225. The van der Waals surface area contributed by atoms with Crippen molar-refractivity contribution in [3.05, 3.63) is 41.2 Å². The highest BCUT2D eigenvalue weighted by Crippen LogP contribution is 2.18. The molecule has 1 aromatic heterocycles. The van der Waals surface area contributed by atoms with Crippen LogP contribution in [0.15, 0.2) is 29.3 Å². The van der Waals surface area contributed by atoms with Gasteiger partial charge in [-0.1, -0.05) is 6.92 Å². The monoisotopic (exact) mass is 308 g/mol. The third-order valence-electron chi connectivity index (χ3n) is 3.27. The second-order valence-electron chi connectivity index (χ2n) is 4.98. The predicted molar refractivity (Wildman–Crippen MR) is 82.2 cm³/mol. The van der Waals surface area contributed by atoms with Crippen LogP contribution in [0, 0.1) is 6.92 Å². The zero-order valence-corrected chi connectivity index (χ0v) is 13.2. The molecule has 3 N–H and O–H groups in total. The number of hydrogen-bond donors (Lipinski definition) is 2. The van der Waals surface area contributed by atoms with E-state index in [9.17, 15) is 8.42 Å². The Kier molecular flexibility index (Phi) is 4.34. The zero-order chi connectivity index (χ0) is 15.6. The SMILES string of the molecule is CCc1nn(C)cc1CNS(=O)(=O)c1ccc(N)cc1C. The summed E-state index contributed by atoms with van der Waals surface area (Å²) in [4.78, 5) is 0.249. The Hall–Kier alpha value is -1.86. The highest BCUT2D eigenvalue weighted by atomic mass is 32.2. The minimum Gasteiger partial charge on any atom is -0.399 e. The molecule has 0 spiro atoms. The summed E-state index contributed by atoms with van der Waals surface area (Å²) in [5.74, 6) is 0. The van der Waals surface area contributed by atoms with Crippen molar-refractivity contribution in [2.24, 2.45) is 7.05 Å². The number of sulfonamides is 1. The van der Waals surface area contributed by atoms with E-state index in [-0.39, 0.29) is 11.4 Å². The highest BCUT2D eigenvalue weighted by Gasteiger charge is 2.17. The van der Waals surface area contributed by atoms with Gasteiger partial charge in [-0.05, 0) is 37.1 Å². The summed E-state index contributed by atoms with van der Waals surface area (Å²) in [6.07, 6.45) is 2.59. The number of benzene rings is 1. The second-order valence-corrected chi connectivity index (χ2v) is 6.71. The maximum atomic E-state index is 12.4. The standard InChI is InChI=1S/C14H20N4O2S/c1-4-13-11(9-18(3)17-13)8-16-21(19,20)14-6-5-12(15)7-10(14)2/h5-7,9,16H,4,8,15H2,1-3H3. The van der Waals surface area contributed by atoms with E-state index in [0.717, 1.165) is 17.7 Å². The number of nitrogens with two attached hydrogens (primary N) is 1. The van der Waals surface area contributed by atoms with E-state index in [2.05, 4.69) is 9.82 Å². The van der Waals surface area contributed by atoms with Gasteiger partial charge in [0.05, 0.1) is 10.6 Å². The smallest absolute Gasteiger partial charge is 0.241 e. The van der Waals surface area contributed by atoms with Gasteiger partial charge in [-0.25, -0.2) is 13.1 Å². The van der Waals surface area contributed by atoms with Crippen molar-refractivity contribution < 1.29 is 8.42 Å². The first kappa shape index (κ1) is 15.5. The molecule has 21 heavy (non-hydrogen) atoms. The summed E-state index contributed by atoms with van der Waals surface area (Å²) >= 11 is 0. The fourth-order valence-corrected chi connectivity index (χ4v) is 3.48. The van der Waals surface area contributed by atoms with Crippen LogP contribution >= 0.6 is 0 Å². The molecule has 0 saturated heterocycles. The van der Waals surface area contributed by atoms with E-state index in [0.29, 0.717) is 11.3 Å². The summed E-state index contributed by atoms with van der Waals surface area (Å²) < 4.78 is 29.0. The van der Waals surface area contributed by atoms with Gasteiger partial charge in [0, 0.05) is 31.0 Å². The minimum atomic E-state index is -3.56. The Balaban J connectivity index is 2.21. The lowest BCUT2D eigenvalue weighted by molar-refractivity contribution is 0.580. The molecule has 6 nitrogen and oxygen atoms in total. The molecule has 0 radical (unpaired) electrons. The van der Waals surface area contributed by atoms with Crippen molar-refractivity contribution in [1.82, 2.24) is 14.5 Å². The summed E-state index contributed by atoms with van der Waals surface area (Å²) in [6.45, 7) is 3.94. The summed E-state index contributed by atoms with van der Waals surface area (Å²) in [6, 6.07) is 4.76. The molecular weight excluding hydrogens is 288 g/mol. The zero-order valence-electron chi connectivity index (χ0n) is 12.4. The molecular formula is C14H20N4O2S. The topological polar surface area (TPSA) is 90.0 Å². The van der Waals surface area contributed by atoms with Gasteiger partial charge >= 0.3 is 0 Å². The average molecular weight is 308 g/mol. The number of anilines is 1. The van der Waals surface area contributed by atoms with E-state index in [1.807, 2.05) is 20.2 Å². The van der Waals surface area contributed by atoms with E-state index < -0.39 is 10.0 Å². The lowest BCUT2D eigenvalue weighted by Gasteiger charge is -2.09. The van der Waals surface area contributed by atoms with Crippen molar-refractivity contribution in [2.45, 2.75) is 31.7 Å². The maximum absolute atomic E-state index is 12.4. The third-order valence-corrected chi connectivity index (χ3v) is 4.83. The van der Waals surface area contributed by atoms with Gasteiger partial charge in [-0.15, -0.1) is 0 Å². The summed E-state index contributed by atoms with van der Waals surface area (Å²) in [7, 11) is -1.74. The van der Waals surface area contributed by atoms with Crippen LogP contribution in [0.4, 0.5) is 5.69 Å². The van der Waals surface area contributed by atoms with E-state index in [1.54, 1.807) is 23.7 Å². The molecule has 114 valence electrons. The van der Waals surface area contributed by atoms with Crippen LogP contribution in [-0.2, 0) is 30.0 Å².